The number of alkyl halides is 1. The molecule has 0 atom stereocenters. The van der Waals surface area contributed by atoms with Crippen LogP contribution in [-0.4, -0.2) is 19.0 Å². The van der Waals surface area contributed by atoms with Crippen LogP contribution in [0.4, 0.5) is 0 Å². The lowest BCUT2D eigenvalue weighted by molar-refractivity contribution is 0.339. The molecule has 0 fully saturated rings. The van der Waals surface area contributed by atoms with Crippen LogP contribution in [0.1, 0.15) is 5.76 Å². The first-order chi connectivity index (χ1) is 10.2. The third-order valence-corrected chi connectivity index (χ3v) is 3.47. The van der Waals surface area contributed by atoms with Gasteiger partial charge < -0.3 is 18.3 Å². The molecule has 110 valence electrons. The third-order valence-electron chi connectivity index (χ3n) is 3.15. The molecule has 0 amide bonds. The highest BCUT2D eigenvalue weighted by Gasteiger charge is 2.22. The van der Waals surface area contributed by atoms with Gasteiger partial charge in [-0.1, -0.05) is 15.9 Å². The maximum atomic E-state index is 12.3. The minimum Gasteiger partial charge on any atom is -0.495 e. The summed E-state index contributed by atoms with van der Waals surface area (Å²) in [7, 11) is 1.51. The Morgan fingerprint density at radius 2 is 2.10 bits per heavy atom. The Kier molecular flexibility index (Phi) is 3.63. The van der Waals surface area contributed by atoms with Gasteiger partial charge in [-0.3, -0.25) is 4.79 Å². The van der Waals surface area contributed by atoms with Crippen molar-refractivity contribution in [2.24, 2.45) is 0 Å². The molecule has 21 heavy (non-hydrogen) atoms. The predicted molar refractivity (Wildman–Crippen MR) is 82.8 cm³/mol. The highest BCUT2D eigenvalue weighted by molar-refractivity contribution is 9.09. The Labute approximate surface area is 128 Å². The zero-order valence-corrected chi connectivity index (χ0v) is 13.2. The minimum atomic E-state index is -0.169. The first-order valence-electron chi connectivity index (χ1n) is 6.37. The number of methoxy groups -OCH3 is 1. The summed E-state index contributed by atoms with van der Waals surface area (Å²) in [5, 5.41) is 1.70. The number of fused-ring (bicyclic) bond motifs is 2. The lowest BCUT2D eigenvalue weighted by atomic mass is 10.1. The van der Waals surface area contributed by atoms with Crippen molar-refractivity contribution in [3.05, 3.63) is 34.4 Å². The molecule has 6 heteroatoms. The van der Waals surface area contributed by atoms with Crippen LogP contribution in [0, 0.1) is 6.92 Å². The molecular weight excluding hydrogens is 340 g/mol. The lowest BCUT2D eigenvalue weighted by Gasteiger charge is -2.12. The molecule has 0 spiro atoms. The monoisotopic (exact) mass is 352 g/mol. The molecule has 0 N–H and O–H groups in total. The van der Waals surface area contributed by atoms with Gasteiger partial charge in [-0.05, 0) is 13.0 Å². The van der Waals surface area contributed by atoms with E-state index in [1.54, 1.807) is 13.0 Å². The van der Waals surface area contributed by atoms with Crippen molar-refractivity contribution < 1.29 is 18.3 Å². The summed E-state index contributed by atoms with van der Waals surface area (Å²) in [5.41, 5.74) is 0.687. The molecule has 0 radical (unpaired) electrons. The molecule has 0 saturated heterocycles. The molecule has 2 heterocycles. The van der Waals surface area contributed by atoms with Crippen LogP contribution >= 0.6 is 15.9 Å². The molecule has 0 saturated carbocycles. The first-order valence-corrected chi connectivity index (χ1v) is 7.50. The van der Waals surface area contributed by atoms with Gasteiger partial charge >= 0.3 is 0 Å². The van der Waals surface area contributed by atoms with Gasteiger partial charge in [0.05, 0.1) is 25.4 Å². The number of hydrogen-bond acceptors (Lipinski definition) is 5. The fraction of sp³-hybridized carbons (Fsp3) is 0.267. The van der Waals surface area contributed by atoms with Crippen LogP contribution < -0.4 is 14.9 Å². The number of halogens is 1. The minimum absolute atomic E-state index is 0.169. The van der Waals surface area contributed by atoms with Crippen LogP contribution in [0.15, 0.2) is 32.0 Å². The molecule has 0 aliphatic carbocycles. The Hall–Kier alpha value is -1.95. The predicted octanol–water partition coefficient (Wildman–Crippen LogP) is 3.63. The van der Waals surface area contributed by atoms with E-state index in [1.807, 2.05) is 0 Å². The largest absolute Gasteiger partial charge is 0.495 e. The second-order valence-electron chi connectivity index (χ2n) is 4.49. The van der Waals surface area contributed by atoms with Gasteiger partial charge in [0, 0.05) is 11.4 Å². The molecule has 0 aliphatic rings. The lowest BCUT2D eigenvalue weighted by Crippen LogP contribution is -2.06. The number of ether oxygens (including phenoxy) is 2. The Morgan fingerprint density at radius 1 is 1.29 bits per heavy atom. The van der Waals surface area contributed by atoms with Crippen molar-refractivity contribution in [3.63, 3.8) is 0 Å². The maximum absolute atomic E-state index is 12.3. The maximum Gasteiger partial charge on any atom is 0.206 e. The fourth-order valence-corrected chi connectivity index (χ4v) is 2.53. The van der Waals surface area contributed by atoms with Crippen molar-refractivity contribution >= 4 is 37.9 Å². The normalized spacial score (nSPS) is 11.2. The second kappa shape index (κ2) is 5.44. The molecule has 0 unspecified atom stereocenters. The van der Waals surface area contributed by atoms with Crippen molar-refractivity contribution in [1.29, 1.82) is 0 Å². The molecule has 3 aromatic rings. The number of hydrogen-bond donors (Lipinski definition) is 0. The van der Waals surface area contributed by atoms with Crippen LogP contribution in [0.2, 0.25) is 0 Å². The Morgan fingerprint density at radius 3 is 2.81 bits per heavy atom. The number of furan rings is 1. The number of rotatable bonds is 4. The summed E-state index contributed by atoms with van der Waals surface area (Å²) in [4.78, 5) is 12.3. The third kappa shape index (κ3) is 2.19. The van der Waals surface area contributed by atoms with Gasteiger partial charge in [0.2, 0.25) is 5.75 Å². The van der Waals surface area contributed by atoms with Gasteiger partial charge in [0.15, 0.2) is 16.6 Å². The van der Waals surface area contributed by atoms with Crippen molar-refractivity contribution in [1.82, 2.24) is 0 Å². The van der Waals surface area contributed by atoms with Gasteiger partial charge in [0.1, 0.15) is 16.9 Å². The Balaban J connectivity index is 2.50. The average Bonchev–Trinajstić information content (AvgIpc) is 2.92. The fourth-order valence-electron chi connectivity index (χ4n) is 2.37. The van der Waals surface area contributed by atoms with Crippen molar-refractivity contribution in [2.45, 2.75) is 6.92 Å². The van der Waals surface area contributed by atoms with E-state index in [1.165, 1.54) is 19.4 Å². The smallest absolute Gasteiger partial charge is 0.206 e. The van der Waals surface area contributed by atoms with E-state index in [0.29, 0.717) is 51.1 Å². The summed E-state index contributed by atoms with van der Waals surface area (Å²) in [6, 6.07) is 3.18. The van der Waals surface area contributed by atoms with Crippen LogP contribution in [0.3, 0.4) is 0 Å². The van der Waals surface area contributed by atoms with E-state index >= 15 is 0 Å². The summed E-state index contributed by atoms with van der Waals surface area (Å²) < 4.78 is 22.3. The summed E-state index contributed by atoms with van der Waals surface area (Å²) >= 11 is 3.31. The molecule has 0 bridgehead atoms. The highest BCUT2D eigenvalue weighted by Crippen LogP contribution is 2.42. The van der Waals surface area contributed by atoms with Gasteiger partial charge in [-0.15, -0.1) is 0 Å². The van der Waals surface area contributed by atoms with Gasteiger partial charge in [-0.25, -0.2) is 0 Å². The second-order valence-corrected chi connectivity index (χ2v) is 5.28. The van der Waals surface area contributed by atoms with E-state index in [4.69, 9.17) is 18.3 Å². The standard InChI is InChI=1S/C15H13BrO5/c1-8-7-10(17)11-12(18-2)9-3-5-19-13(9)15(14(11)21-8)20-6-4-16/h3,5,7H,4,6H2,1-2H3. The summed E-state index contributed by atoms with van der Waals surface area (Å²) in [6.07, 6.45) is 1.53. The van der Waals surface area contributed by atoms with Crippen LogP contribution in [0.25, 0.3) is 21.9 Å². The first kappa shape index (κ1) is 14.0. The Bertz CT molecular complexity index is 862. The van der Waals surface area contributed by atoms with Gasteiger partial charge in [-0.2, -0.15) is 0 Å². The topological polar surface area (TPSA) is 61.8 Å². The molecule has 0 aliphatic heterocycles. The van der Waals surface area contributed by atoms with Gasteiger partial charge in [0.25, 0.3) is 0 Å². The zero-order chi connectivity index (χ0) is 15.0. The van der Waals surface area contributed by atoms with Crippen molar-refractivity contribution in [3.8, 4) is 11.5 Å². The van der Waals surface area contributed by atoms with E-state index < -0.39 is 0 Å². The van der Waals surface area contributed by atoms with E-state index in [2.05, 4.69) is 15.9 Å². The summed E-state index contributed by atoms with van der Waals surface area (Å²) in [5.74, 6) is 1.36. The molecule has 3 rings (SSSR count). The van der Waals surface area contributed by atoms with E-state index in [0.717, 1.165) is 0 Å². The average molecular weight is 353 g/mol. The van der Waals surface area contributed by atoms with Crippen molar-refractivity contribution in [2.75, 3.05) is 19.0 Å². The van der Waals surface area contributed by atoms with E-state index in [-0.39, 0.29) is 5.43 Å². The number of benzene rings is 1. The molecule has 1 aromatic carbocycles. The van der Waals surface area contributed by atoms with E-state index in [9.17, 15) is 4.79 Å². The highest BCUT2D eigenvalue weighted by atomic mass is 79.9. The SMILES string of the molecule is COc1c2ccoc2c(OCCBr)c2oc(C)cc(=O)c12. The molecule has 2 aromatic heterocycles. The molecule has 5 nitrogen and oxygen atoms in total. The van der Waals surface area contributed by atoms with Crippen LogP contribution in [-0.2, 0) is 0 Å². The zero-order valence-electron chi connectivity index (χ0n) is 11.6. The molecular formula is C15H13BrO5. The summed E-state index contributed by atoms with van der Waals surface area (Å²) in [6.45, 7) is 2.14. The van der Waals surface area contributed by atoms with Crippen LogP contribution in [0.5, 0.6) is 11.5 Å². The number of aryl methyl sites for hydroxylation is 1. The quantitative estimate of drug-likeness (QED) is 0.671.